The van der Waals surface area contributed by atoms with Gasteiger partial charge in [0.1, 0.15) is 6.04 Å². The van der Waals surface area contributed by atoms with Crippen LogP contribution in [0.2, 0.25) is 0 Å². The van der Waals surface area contributed by atoms with Crippen molar-refractivity contribution in [3.8, 4) is 0 Å². The molecule has 0 aliphatic carbocycles. The molecule has 1 aromatic carbocycles. The molecule has 2 aromatic rings. The van der Waals surface area contributed by atoms with Crippen LogP contribution in [-0.4, -0.2) is 30.3 Å². The normalized spacial score (nSPS) is 17.7. The molecule has 3 amide bonds. The Hall–Kier alpha value is -2.67. The number of amides is 3. The average Bonchev–Trinajstić information content (AvgIpc) is 3.47. The molecule has 2 aliphatic rings. The maximum atomic E-state index is 13.5. The first kappa shape index (κ1) is 25.0. The van der Waals surface area contributed by atoms with E-state index >= 15 is 0 Å². The van der Waals surface area contributed by atoms with Crippen molar-refractivity contribution in [2.45, 2.75) is 72.4 Å². The molecule has 3 heterocycles. The lowest BCUT2D eigenvalue weighted by atomic mass is 9.94. The van der Waals surface area contributed by atoms with Crippen LogP contribution in [0, 0.1) is 5.92 Å². The number of anilines is 2. The maximum absolute atomic E-state index is 13.5. The van der Waals surface area contributed by atoms with Gasteiger partial charge in [0.2, 0.25) is 17.7 Å². The Kier molecular flexibility index (Phi) is 8.67. The summed E-state index contributed by atoms with van der Waals surface area (Å²) in [5.74, 6) is 0.331. The second kappa shape index (κ2) is 11.5. The molecule has 4 rings (SSSR count). The number of carbonyl (C=O) groups is 3. The molecule has 0 saturated carbocycles. The SMILES string of the molecule is CC.CC(C)CCC(=O)NC1Cc2cccc(N3CCCC3=O)c2N(Cc2ccsc2)C1=O. The van der Waals surface area contributed by atoms with E-state index in [0.717, 1.165) is 35.3 Å². The summed E-state index contributed by atoms with van der Waals surface area (Å²) in [7, 11) is 0. The Bertz CT molecular complexity index is 971. The van der Waals surface area contributed by atoms with Gasteiger partial charge in [-0.15, -0.1) is 0 Å². The molecule has 178 valence electrons. The molecule has 33 heavy (non-hydrogen) atoms. The highest BCUT2D eigenvalue weighted by atomic mass is 32.1. The molecule has 1 aromatic heterocycles. The first-order valence-corrected chi connectivity index (χ1v) is 12.9. The summed E-state index contributed by atoms with van der Waals surface area (Å²) in [6.45, 7) is 9.26. The zero-order valence-corrected chi connectivity index (χ0v) is 20.9. The van der Waals surface area contributed by atoms with E-state index in [1.807, 2.05) is 48.9 Å². The van der Waals surface area contributed by atoms with Crippen LogP contribution in [0.5, 0.6) is 0 Å². The minimum absolute atomic E-state index is 0.0862. The molecule has 6 nitrogen and oxygen atoms in total. The molecule has 7 heteroatoms. The summed E-state index contributed by atoms with van der Waals surface area (Å²) in [6, 6.07) is 7.29. The van der Waals surface area contributed by atoms with E-state index in [4.69, 9.17) is 0 Å². The van der Waals surface area contributed by atoms with Gasteiger partial charge in [0.25, 0.3) is 0 Å². The number of carbonyl (C=O) groups excluding carboxylic acids is 3. The number of hydrogen-bond acceptors (Lipinski definition) is 4. The van der Waals surface area contributed by atoms with E-state index in [-0.39, 0.29) is 17.7 Å². The molecule has 2 aliphatic heterocycles. The zero-order valence-electron chi connectivity index (χ0n) is 20.1. The van der Waals surface area contributed by atoms with Crippen molar-refractivity contribution < 1.29 is 14.4 Å². The monoisotopic (exact) mass is 469 g/mol. The van der Waals surface area contributed by atoms with Crippen molar-refractivity contribution in [3.63, 3.8) is 0 Å². The predicted molar refractivity (Wildman–Crippen MR) is 135 cm³/mol. The van der Waals surface area contributed by atoms with E-state index < -0.39 is 6.04 Å². The lowest BCUT2D eigenvalue weighted by Gasteiger charge is -2.37. The molecule has 1 unspecified atom stereocenters. The highest BCUT2D eigenvalue weighted by Crippen LogP contribution is 2.40. The lowest BCUT2D eigenvalue weighted by Crippen LogP contribution is -2.53. The van der Waals surface area contributed by atoms with Gasteiger partial charge in [0.05, 0.1) is 17.9 Å². The lowest BCUT2D eigenvalue weighted by molar-refractivity contribution is -0.128. The molecular formula is C26H35N3O3S. The van der Waals surface area contributed by atoms with Crippen molar-refractivity contribution >= 4 is 40.4 Å². The predicted octanol–water partition coefficient (Wildman–Crippen LogP) is 4.91. The number of thiophene rings is 1. The maximum Gasteiger partial charge on any atom is 0.250 e. The molecule has 1 N–H and O–H groups in total. The summed E-state index contributed by atoms with van der Waals surface area (Å²) < 4.78 is 0. The van der Waals surface area contributed by atoms with Crippen LogP contribution in [-0.2, 0) is 27.3 Å². The molecule has 0 radical (unpaired) electrons. The van der Waals surface area contributed by atoms with Gasteiger partial charge in [0, 0.05) is 25.8 Å². The minimum atomic E-state index is -0.588. The van der Waals surface area contributed by atoms with E-state index in [2.05, 4.69) is 19.2 Å². The fourth-order valence-electron chi connectivity index (χ4n) is 4.30. The summed E-state index contributed by atoms with van der Waals surface area (Å²) in [6.07, 6.45) is 3.02. The van der Waals surface area contributed by atoms with Crippen LogP contribution < -0.4 is 15.1 Å². The Labute approximate surface area is 201 Å². The third-order valence-corrected chi connectivity index (χ3v) is 6.66. The molecule has 1 atom stereocenters. The van der Waals surface area contributed by atoms with Crippen LogP contribution in [0.1, 0.15) is 64.5 Å². The van der Waals surface area contributed by atoms with Gasteiger partial charge in [-0.05, 0) is 52.8 Å². The largest absolute Gasteiger partial charge is 0.344 e. The Morgan fingerprint density at radius 2 is 2.00 bits per heavy atom. The van der Waals surface area contributed by atoms with Crippen LogP contribution in [0.25, 0.3) is 0 Å². The highest BCUT2D eigenvalue weighted by Gasteiger charge is 2.37. The van der Waals surface area contributed by atoms with Gasteiger partial charge < -0.3 is 15.1 Å². The summed E-state index contributed by atoms with van der Waals surface area (Å²) in [5, 5.41) is 6.99. The first-order valence-electron chi connectivity index (χ1n) is 12.0. The van der Waals surface area contributed by atoms with E-state index in [1.165, 1.54) is 0 Å². The van der Waals surface area contributed by atoms with E-state index in [9.17, 15) is 14.4 Å². The van der Waals surface area contributed by atoms with Crippen molar-refractivity contribution in [1.82, 2.24) is 5.32 Å². The number of fused-ring (bicyclic) bond motifs is 1. The Balaban J connectivity index is 0.00000149. The van der Waals surface area contributed by atoms with Crippen LogP contribution in [0.3, 0.4) is 0 Å². The minimum Gasteiger partial charge on any atom is -0.344 e. The molecular weight excluding hydrogens is 434 g/mol. The number of benzene rings is 1. The molecule has 0 bridgehead atoms. The van der Waals surface area contributed by atoms with Crippen molar-refractivity contribution in [1.29, 1.82) is 0 Å². The number of hydrogen-bond donors (Lipinski definition) is 1. The Morgan fingerprint density at radius 3 is 2.64 bits per heavy atom. The summed E-state index contributed by atoms with van der Waals surface area (Å²) in [4.78, 5) is 42.1. The second-order valence-electron chi connectivity index (χ2n) is 8.75. The summed E-state index contributed by atoms with van der Waals surface area (Å²) >= 11 is 1.59. The van der Waals surface area contributed by atoms with E-state index in [0.29, 0.717) is 38.3 Å². The van der Waals surface area contributed by atoms with Crippen LogP contribution >= 0.6 is 11.3 Å². The van der Waals surface area contributed by atoms with Crippen molar-refractivity contribution in [3.05, 3.63) is 46.2 Å². The smallest absolute Gasteiger partial charge is 0.250 e. The zero-order chi connectivity index (χ0) is 24.0. The quantitative estimate of drug-likeness (QED) is 0.626. The number of nitrogens with zero attached hydrogens (tertiary/aromatic N) is 2. The third kappa shape index (κ3) is 5.82. The highest BCUT2D eigenvalue weighted by molar-refractivity contribution is 7.07. The first-order chi connectivity index (χ1) is 15.9. The van der Waals surface area contributed by atoms with Gasteiger partial charge in [0.15, 0.2) is 0 Å². The second-order valence-corrected chi connectivity index (χ2v) is 9.53. The van der Waals surface area contributed by atoms with Gasteiger partial charge >= 0.3 is 0 Å². The average molecular weight is 470 g/mol. The molecule has 1 fully saturated rings. The van der Waals surface area contributed by atoms with E-state index in [1.54, 1.807) is 21.1 Å². The van der Waals surface area contributed by atoms with Crippen molar-refractivity contribution in [2.24, 2.45) is 5.92 Å². The van der Waals surface area contributed by atoms with Crippen LogP contribution in [0.15, 0.2) is 35.0 Å². The van der Waals surface area contributed by atoms with Gasteiger partial charge in [-0.1, -0.05) is 39.8 Å². The number of rotatable bonds is 7. The number of nitrogens with one attached hydrogen (secondary N) is 1. The van der Waals surface area contributed by atoms with Gasteiger partial charge in [-0.2, -0.15) is 11.3 Å². The Morgan fingerprint density at radius 1 is 1.21 bits per heavy atom. The molecule has 0 spiro atoms. The third-order valence-electron chi connectivity index (χ3n) is 5.93. The number of para-hydroxylation sites is 1. The van der Waals surface area contributed by atoms with Crippen molar-refractivity contribution in [2.75, 3.05) is 16.3 Å². The standard InChI is InChI=1S/C24H29N3O3S.C2H6/c1-16(2)8-9-21(28)25-19-13-18-5-3-6-20(26-11-4-7-22(26)29)23(18)27(24(19)30)14-17-10-12-31-15-17;1-2/h3,5-6,10,12,15-16,19H,4,7-9,11,13-14H2,1-2H3,(H,25,28);1-2H3. The fraction of sp³-hybridized carbons (Fsp3) is 0.500. The van der Waals surface area contributed by atoms with Gasteiger partial charge in [-0.3, -0.25) is 14.4 Å². The topological polar surface area (TPSA) is 69.7 Å². The van der Waals surface area contributed by atoms with Gasteiger partial charge in [-0.25, -0.2) is 0 Å². The summed E-state index contributed by atoms with van der Waals surface area (Å²) in [5.41, 5.74) is 3.63. The van der Waals surface area contributed by atoms with Crippen LogP contribution in [0.4, 0.5) is 11.4 Å². The molecule has 1 saturated heterocycles. The fourth-order valence-corrected chi connectivity index (χ4v) is 4.96.